The second-order valence-corrected chi connectivity index (χ2v) is 5.17. The maximum absolute atomic E-state index is 12.0. The minimum absolute atomic E-state index is 0.0683. The number of carbonyl (C=O) groups excluding carboxylic acids is 1. The third kappa shape index (κ3) is 6.17. The summed E-state index contributed by atoms with van der Waals surface area (Å²) in [6.07, 6.45) is 3.19. The van der Waals surface area contributed by atoms with Gasteiger partial charge in [0.25, 0.3) is 0 Å². The van der Waals surface area contributed by atoms with Gasteiger partial charge < -0.3 is 15.8 Å². The Hall–Kier alpha value is -1.39. The van der Waals surface area contributed by atoms with Gasteiger partial charge in [-0.15, -0.1) is 0 Å². The van der Waals surface area contributed by atoms with Crippen LogP contribution in [-0.4, -0.2) is 26.2 Å². The molecule has 0 saturated heterocycles. The normalized spacial score (nSPS) is 12.2. The van der Waals surface area contributed by atoms with Crippen molar-refractivity contribution in [3.63, 3.8) is 0 Å². The molecule has 1 rings (SSSR count). The second kappa shape index (κ2) is 9.50. The Morgan fingerprint density at radius 2 is 2.10 bits per heavy atom. The van der Waals surface area contributed by atoms with Crippen molar-refractivity contribution in [2.75, 3.05) is 25.6 Å². The molecule has 0 heterocycles. The number of carbonyl (C=O) groups is 1. The molecule has 0 aromatic heterocycles. The number of hydrogen-bond acceptors (Lipinski definition) is 3. The molecule has 20 heavy (non-hydrogen) atoms. The van der Waals surface area contributed by atoms with Crippen molar-refractivity contribution in [3.8, 4) is 0 Å². The van der Waals surface area contributed by atoms with Gasteiger partial charge in [-0.05, 0) is 43.4 Å². The molecular formula is C16H26N2O2. The largest absolute Gasteiger partial charge is 0.384 e. The van der Waals surface area contributed by atoms with E-state index in [0.717, 1.165) is 30.5 Å². The van der Waals surface area contributed by atoms with Crippen molar-refractivity contribution in [1.29, 1.82) is 0 Å². The first-order valence-electron chi connectivity index (χ1n) is 7.24. The molecule has 0 aliphatic heterocycles. The highest BCUT2D eigenvalue weighted by Crippen LogP contribution is 2.17. The van der Waals surface area contributed by atoms with Crippen LogP contribution < -0.4 is 11.1 Å². The lowest BCUT2D eigenvalue weighted by molar-refractivity contribution is -0.116. The summed E-state index contributed by atoms with van der Waals surface area (Å²) in [5, 5.41) is 2.99. The number of ether oxygens (including phenoxy) is 1. The number of nitrogens with one attached hydrogen (secondary N) is 1. The van der Waals surface area contributed by atoms with Crippen molar-refractivity contribution in [1.82, 2.24) is 0 Å². The van der Waals surface area contributed by atoms with Gasteiger partial charge in [0.2, 0.25) is 5.91 Å². The third-order valence-electron chi connectivity index (χ3n) is 3.39. The number of para-hydroxylation sites is 1. The lowest BCUT2D eigenvalue weighted by Crippen LogP contribution is -2.15. The summed E-state index contributed by atoms with van der Waals surface area (Å²) in [5.74, 6) is 0.563. The van der Waals surface area contributed by atoms with Gasteiger partial charge in [-0.25, -0.2) is 0 Å². The molecule has 4 heteroatoms. The van der Waals surface area contributed by atoms with Crippen LogP contribution in [0.3, 0.4) is 0 Å². The average Bonchev–Trinajstić information content (AvgIpc) is 2.44. The van der Waals surface area contributed by atoms with Crippen LogP contribution in [-0.2, 0) is 16.0 Å². The van der Waals surface area contributed by atoms with Gasteiger partial charge in [-0.1, -0.05) is 25.1 Å². The average molecular weight is 278 g/mol. The van der Waals surface area contributed by atoms with E-state index in [0.29, 0.717) is 25.5 Å². The fourth-order valence-corrected chi connectivity index (χ4v) is 2.09. The van der Waals surface area contributed by atoms with Gasteiger partial charge in [-0.2, -0.15) is 0 Å². The lowest BCUT2D eigenvalue weighted by Gasteiger charge is -2.12. The number of hydrogen-bond donors (Lipinski definition) is 2. The van der Waals surface area contributed by atoms with Gasteiger partial charge in [0.1, 0.15) is 0 Å². The molecule has 1 aromatic carbocycles. The Bertz CT molecular complexity index is 407. The summed E-state index contributed by atoms with van der Waals surface area (Å²) >= 11 is 0. The fourth-order valence-electron chi connectivity index (χ4n) is 2.09. The molecule has 112 valence electrons. The Morgan fingerprint density at radius 3 is 2.80 bits per heavy atom. The van der Waals surface area contributed by atoms with Crippen molar-refractivity contribution >= 4 is 11.6 Å². The molecule has 3 N–H and O–H groups in total. The van der Waals surface area contributed by atoms with Crippen LogP contribution in [0.1, 0.15) is 31.7 Å². The van der Waals surface area contributed by atoms with Gasteiger partial charge in [0.05, 0.1) is 6.61 Å². The minimum Gasteiger partial charge on any atom is -0.384 e. The van der Waals surface area contributed by atoms with E-state index in [9.17, 15) is 4.79 Å². The predicted octanol–water partition coefficient (Wildman–Crippen LogP) is 2.58. The summed E-state index contributed by atoms with van der Waals surface area (Å²) < 4.78 is 5.09. The maximum atomic E-state index is 12.0. The van der Waals surface area contributed by atoms with Gasteiger partial charge in [-0.3, -0.25) is 4.79 Å². The van der Waals surface area contributed by atoms with Gasteiger partial charge in [0, 0.05) is 19.2 Å². The quantitative estimate of drug-likeness (QED) is 0.729. The Morgan fingerprint density at radius 1 is 1.35 bits per heavy atom. The topological polar surface area (TPSA) is 64.3 Å². The van der Waals surface area contributed by atoms with E-state index < -0.39 is 0 Å². The highest BCUT2D eigenvalue weighted by Gasteiger charge is 2.08. The number of amides is 1. The van der Waals surface area contributed by atoms with Crippen LogP contribution in [0.5, 0.6) is 0 Å². The molecule has 4 nitrogen and oxygen atoms in total. The standard InChI is InChI=1S/C16H26N2O2/c1-13(9-11-17)7-8-16(19)18-15-6-4-3-5-14(15)10-12-20-2/h3-6,13H,7-12,17H2,1-2H3,(H,18,19). The molecule has 0 aliphatic carbocycles. The zero-order valence-electron chi connectivity index (χ0n) is 12.5. The first kappa shape index (κ1) is 16.7. The van der Waals surface area contributed by atoms with E-state index in [1.54, 1.807) is 7.11 Å². The monoisotopic (exact) mass is 278 g/mol. The van der Waals surface area contributed by atoms with E-state index in [1.807, 2.05) is 24.3 Å². The van der Waals surface area contributed by atoms with Crippen LogP contribution in [0.25, 0.3) is 0 Å². The summed E-state index contributed by atoms with van der Waals surface area (Å²) in [5.41, 5.74) is 7.51. The summed E-state index contributed by atoms with van der Waals surface area (Å²) in [6, 6.07) is 7.87. The molecule has 1 atom stereocenters. The summed E-state index contributed by atoms with van der Waals surface area (Å²) in [7, 11) is 1.68. The predicted molar refractivity (Wildman–Crippen MR) is 82.7 cm³/mol. The molecule has 1 amide bonds. The first-order chi connectivity index (χ1) is 9.67. The van der Waals surface area contributed by atoms with Crippen LogP contribution >= 0.6 is 0 Å². The van der Waals surface area contributed by atoms with E-state index in [-0.39, 0.29) is 5.91 Å². The SMILES string of the molecule is COCCc1ccccc1NC(=O)CCC(C)CCN. The summed E-state index contributed by atoms with van der Waals surface area (Å²) in [4.78, 5) is 12.0. The van der Waals surface area contributed by atoms with E-state index in [1.165, 1.54) is 0 Å². The van der Waals surface area contributed by atoms with E-state index in [2.05, 4.69) is 12.2 Å². The molecule has 1 aromatic rings. The van der Waals surface area contributed by atoms with E-state index in [4.69, 9.17) is 10.5 Å². The first-order valence-corrected chi connectivity index (χ1v) is 7.24. The van der Waals surface area contributed by atoms with Crippen LogP contribution in [0.4, 0.5) is 5.69 Å². The number of nitrogens with two attached hydrogens (primary N) is 1. The molecule has 0 spiro atoms. The lowest BCUT2D eigenvalue weighted by atomic mass is 10.0. The molecule has 0 radical (unpaired) electrons. The molecule has 0 bridgehead atoms. The van der Waals surface area contributed by atoms with E-state index >= 15 is 0 Å². The molecule has 0 fully saturated rings. The van der Waals surface area contributed by atoms with Crippen molar-refractivity contribution in [2.45, 2.75) is 32.6 Å². The maximum Gasteiger partial charge on any atom is 0.224 e. The number of rotatable bonds is 9. The second-order valence-electron chi connectivity index (χ2n) is 5.17. The Labute approximate surface area is 121 Å². The van der Waals surface area contributed by atoms with Crippen LogP contribution in [0, 0.1) is 5.92 Å². The summed E-state index contributed by atoms with van der Waals surface area (Å²) in [6.45, 7) is 3.47. The van der Waals surface area contributed by atoms with Crippen molar-refractivity contribution in [2.24, 2.45) is 11.7 Å². The molecule has 0 saturated carbocycles. The van der Waals surface area contributed by atoms with Crippen molar-refractivity contribution in [3.05, 3.63) is 29.8 Å². The number of benzene rings is 1. The fraction of sp³-hybridized carbons (Fsp3) is 0.562. The number of anilines is 1. The molecule has 0 aliphatic rings. The van der Waals surface area contributed by atoms with Crippen molar-refractivity contribution < 1.29 is 9.53 Å². The zero-order valence-corrected chi connectivity index (χ0v) is 12.5. The minimum atomic E-state index is 0.0683. The van der Waals surface area contributed by atoms with Gasteiger partial charge in [0.15, 0.2) is 0 Å². The highest BCUT2D eigenvalue weighted by molar-refractivity contribution is 5.91. The smallest absolute Gasteiger partial charge is 0.224 e. The third-order valence-corrected chi connectivity index (χ3v) is 3.39. The zero-order chi connectivity index (χ0) is 14.8. The van der Waals surface area contributed by atoms with Crippen LogP contribution in [0.2, 0.25) is 0 Å². The van der Waals surface area contributed by atoms with Crippen LogP contribution in [0.15, 0.2) is 24.3 Å². The molecule has 1 unspecified atom stereocenters. The number of methoxy groups -OCH3 is 1. The Kier molecular flexibility index (Phi) is 7.92. The van der Waals surface area contributed by atoms with Gasteiger partial charge >= 0.3 is 0 Å². The Balaban J connectivity index is 2.48. The molecular weight excluding hydrogens is 252 g/mol. The highest BCUT2D eigenvalue weighted by atomic mass is 16.5.